The lowest BCUT2D eigenvalue weighted by Gasteiger charge is -2.31. The van der Waals surface area contributed by atoms with Gasteiger partial charge < -0.3 is 21.3 Å². The van der Waals surface area contributed by atoms with Gasteiger partial charge in [0.1, 0.15) is 11.4 Å². The van der Waals surface area contributed by atoms with Crippen molar-refractivity contribution >= 4 is 61.4 Å². The second kappa shape index (κ2) is 10.7. The number of hydrogen-bond donors (Lipinski definition) is 3. The Bertz CT molecular complexity index is 1730. The largest absolute Gasteiger partial charge is 0.375 e. The third kappa shape index (κ3) is 5.03. The second-order valence-electron chi connectivity index (χ2n) is 9.73. The first-order valence-corrected chi connectivity index (χ1v) is 14.7. The number of imidazole rings is 1. The number of thiophene rings is 1. The fourth-order valence-corrected chi connectivity index (χ4v) is 6.47. The van der Waals surface area contributed by atoms with E-state index in [0.29, 0.717) is 60.2 Å². The van der Waals surface area contributed by atoms with E-state index in [-0.39, 0.29) is 23.8 Å². The molecule has 1 fully saturated rings. The average molecular weight is 574 g/mol. The topological polar surface area (TPSA) is 135 Å². The fourth-order valence-electron chi connectivity index (χ4n) is 5.03. The van der Waals surface area contributed by atoms with Gasteiger partial charge in [-0.3, -0.25) is 18.8 Å². The van der Waals surface area contributed by atoms with Crippen LogP contribution in [0.1, 0.15) is 46.2 Å². The molecule has 1 aromatic carbocycles. The Morgan fingerprint density at radius 3 is 2.67 bits per heavy atom. The number of pyridine rings is 1. The Morgan fingerprint density at radius 1 is 1.10 bits per heavy atom. The summed E-state index contributed by atoms with van der Waals surface area (Å²) in [6, 6.07) is 11.1. The number of nitrogens with two attached hydrogens (primary N) is 1. The van der Waals surface area contributed by atoms with Crippen molar-refractivity contribution in [2.75, 3.05) is 18.8 Å². The highest BCUT2D eigenvalue weighted by molar-refractivity contribution is 7.22. The summed E-state index contributed by atoms with van der Waals surface area (Å²) >= 11 is 2.92. The van der Waals surface area contributed by atoms with Crippen LogP contribution in [0.3, 0.4) is 0 Å². The van der Waals surface area contributed by atoms with Crippen LogP contribution >= 0.6 is 22.7 Å². The summed E-state index contributed by atoms with van der Waals surface area (Å²) in [6.07, 6.45) is 3.12. The molecular formula is C28H27N7O3S2. The van der Waals surface area contributed by atoms with Crippen molar-refractivity contribution in [3.63, 3.8) is 0 Å². The lowest BCUT2D eigenvalue weighted by molar-refractivity contribution is -0.129. The third-order valence-corrected chi connectivity index (χ3v) is 8.63. The molecule has 12 heteroatoms. The molecular weight excluding hydrogens is 546 g/mol. The van der Waals surface area contributed by atoms with Crippen LogP contribution in [0.5, 0.6) is 0 Å². The van der Waals surface area contributed by atoms with E-state index in [2.05, 4.69) is 15.6 Å². The molecule has 0 aliphatic carbocycles. The van der Waals surface area contributed by atoms with Crippen LogP contribution in [0.15, 0.2) is 53.4 Å². The number of nitrogen functional groups attached to an aromatic ring is 1. The summed E-state index contributed by atoms with van der Waals surface area (Å²) in [7, 11) is 0. The molecule has 0 saturated carbocycles. The number of anilines is 1. The van der Waals surface area contributed by atoms with Gasteiger partial charge in [0.05, 0.1) is 15.8 Å². The van der Waals surface area contributed by atoms with E-state index < -0.39 is 0 Å². The van der Waals surface area contributed by atoms with Crippen molar-refractivity contribution < 1.29 is 14.4 Å². The number of rotatable bonds is 6. The summed E-state index contributed by atoms with van der Waals surface area (Å²) in [5.41, 5.74) is 10.1. The van der Waals surface area contributed by atoms with Crippen LogP contribution < -0.4 is 16.4 Å². The molecule has 4 N–H and O–H groups in total. The normalized spacial score (nSPS) is 14.1. The Hall–Kier alpha value is -4.29. The van der Waals surface area contributed by atoms with E-state index in [4.69, 9.17) is 10.7 Å². The van der Waals surface area contributed by atoms with Gasteiger partial charge in [-0.2, -0.15) is 11.3 Å². The first kappa shape index (κ1) is 26.0. The number of thiazole rings is 1. The molecule has 0 radical (unpaired) electrons. The van der Waals surface area contributed by atoms with Gasteiger partial charge in [-0.25, -0.2) is 9.97 Å². The summed E-state index contributed by atoms with van der Waals surface area (Å²) in [5, 5.41) is 10.5. The molecule has 10 nitrogen and oxygen atoms in total. The van der Waals surface area contributed by atoms with Gasteiger partial charge in [0.2, 0.25) is 5.91 Å². The summed E-state index contributed by atoms with van der Waals surface area (Å²) in [4.78, 5) is 49.6. The maximum absolute atomic E-state index is 13.7. The number of fused-ring (bicyclic) bond motifs is 2. The Balaban J connectivity index is 1.27. The van der Waals surface area contributed by atoms with Crippen molar-refractivity contribution in [3.05, 3.63) is 70.2 Å². The zero-order valence-corrected chi connectivity index (χ0v) is 23.3. The minimum atomic E-state index is -0.292. The Kier molecular flexibility index (Phi) is 6.95. The quantitative estimate of drug-likeness (QED) is 0.282. The van der Waals surface area contributed by atoms with Gasteiger partial charge in [-0.15, -0.1) is 0 Å². The van der Waals surface area contributed by atoms with Crippen LogP contribution in [-0.4, -0.2) is 56.1 Å². The van der Waals surface area contributed by atoms with E-state index >= 15 is 0 Å². The SMILES string of the molecule is CC(=O)N1CCC(NC(=O)c2c(-c3ccsc3)nc3c(C(=O)NCc4ccc5nc(N)sc5c4)cccn23)CC1. The Morgan fingerprint density at radius 2 is 1.93 bits per heavy atom. The van der Waals surface area contributed by atoms with Crippen LogP contribution in [0.25, 0.3) is 27.1 Å². The van der Waals surface area contributed by atoms with Gasteiger partial charge in [0.25, 0.3) is 11.8 Å². The van der Waals surface area contributed by atoms with Crippen LogP contribution in [0.2, 0.25) is 0 Å². The van der Waals surface area contributed by atoms with Crippen molar-refractivity contribution in [3.8, 4) is 11.3 Å². The zero-order valence-electron chi connectivity index (χ0n) is 21.7. The number of nitrogens with one attached hydrogen (secondary N) is 2. The molecule has 4 aromatic heterocycles. The number of piperidine rings is 1. The summed E-state index contributed by atoms with van der Waals surface area (Å²) < 4.78 is 2.65. The predicted octanol–water partition coefficient (Wildman–Crippen LogP) is 3.93. The second-order valence-corrected chi connectivity index (χ2v) is 11.6. The van der Waals surface area contributed by atoms with Crippen molar-refractivity contribution in [1.29, 1.82) is 0 Å². The standard InChI is InChI=1S/C28H27N7O3S2/c1-16(36)34-10-6-19(7-11-34)31-27(38)24-23(18-8-12-39-15-18)33-25-20(3-2-9-35(24)25)26(37)30-14-17-4-5-21-22(13-17)40-28(29)32-21/h2-5,8-9,12-13,15,19H,6-7,10-11,14H2,1H3,(H2,29,32)(H,30,37)(H,31,38). The number of likely N-dealkylation sites (tertiary alicyclic amines) is 1. The molecule has 0 atom stereocenters. The van der Waals surface area contributed by atoms with Crippen LogP contribution in [0.4, 0.5) is 5.13 Å². The number of benzene rings is 1. The number of carbonyl (C=O) groups is 3. The zero-order chi connectivity index (χ0) is 27.8. The summed E-state index contributed by atoms with van der Waals surface area (Å²) in [5.74, 6) is -0.504. The lowest BCUT2D eigenvalue weighted by Crippen LogP contribution is -2.46. The number of nitrogens with zero attached hydrogens (tertiary/aromatic N) is 4. The van der Waals surface area contributed by atoms with Crippen LogP contribution in [-0.2, 0) is 11.3 Å². The van der Waals surface area contributed by atoms with E-state index in [1.54, 1.807) is 34.6 Å². The lowest BCUT2D eigenvalue weighted by atomic mass is 10.0. The molecule has 1 saturated heterocycles. The molecule has 5 heterocycles. The maximum Gasteiger partial charge on any atom is 0.270 e. The van der Waals surface area contributed by atoms with E-state index in [0.717, 1.165) is 21.3 Å². The molecule has 0 bridgehead atoms. The molecule has 6 rings (SSSR count). The fraction of sp³-hybridized carbons (Fsp3) is 0.250. The van der Waals surface area contributed by atoms with Gasteiger partial charge in [0, 0.05) is 49.7 Å². The van der Waals surface area contributed by atoms with Gasteiger partial charge in [-0.05, 0) is 54.1 Å². The van der Waals surface area contributed by atoms with E-state index in [9.17, 15) is 14.4 Å². The monoisotopic (exact) mass is 573 g/mol. The molecule has 204 valence electrons. The minimum absolute atomic E-state index is 0.0471. The first-order chi connectivity index (χ1) is 19.4. The maximum atomic E-state index is 13.7. The highest BCUT2D eigenvalue weighted by Gasteiger charge is 2.27. The van der Waals surface area contributed by atoms with Crippen molar-refractivity contribution in [1.82, 2.24) is 29.9 Å². The molecule has 1 aliphatic heterocycles. The number of carbonyl (C=O) groups excluding carboxylic acids is 3. The van der Waals surface area contributed by atoms with Crippen molar-refractivity contribution in [2.45, 2.75) is 32.4 Å². The summed E-state index contributed by atoms with van der Waals surface area (Å²) in [6.45, 7) is 3.10. The molecule has 0 unspecified atom stereocenters. The molecule has 40 heavy (non-hydrogen) atoms. The first-order valence-electron chi connectivity index (χ1n) is 12.9. The average Bonchev–Trinajstić information content (AvgIpc) is 3.69. The van der Waals surface area contributed by atoms with Gasteiger partial charge >= 0.3 is 0 Å². The minimum Gasteiger partial charge on any atom is -0.375 e. The van der Waals surface area contributed by atoms with Crippen LogP contribution in [0, 0.1) is 0 Å². The van der Waals surface area contributed by atoms with Gasteiger partial charge in [-0.1, -0.05) is 17.4 Å². The highest BCUT2D eigenvalue weighted by atomic mass is 32.1. The molecule has 1 aliphatic rings. The van der Waals surface area contributed by atoms with E-state index in [1.807, 2.05) is 35.0 Å². The number of amides is 3. The number of aromatic nitrogens is 3. The third-order valence-electron chi connectivity index (χ3n) is 7.10. The van der Waals surface area contributed by atoms with E-state index in [1.165, 1.54) is 22.7 Å². The molecule has 3 amide bonds. The highest BCUT2D eigenvalue weighted by Crippen LogP contribution is 2.29. The smallest absolute Gasteiger partial charge is 0.270 e. The van der Waals surface area contributed by atoms with Crippen molar-refractivity contribution in [2.24, 2.45) is 0 Å². The molecule has 5 aromatic rings. The Labute approximate surface area is 237 Å². The predicted molar refractivity (Wildman–Crippen MR) is 156 cm³/mol. The number of hydrogen-bond acceptors (Lipinski definition) is 8. The van der Waals surface area contributed by atoms with Gasteiger partial charge in [0.15, 0.2) is 10.8 Å². The molecule has 0 spiro atoms.